The Morgan fingerprint density at radius 2 is 2.08 bits per heavy atom. The summed E-state index contributed by atoms with van der Waals surface area (Å²) >= 11 is 9.14. The molecule has 0 saturated heterocycles. The lowest BCUT2D eigenvalue weighted by molar-refractivity contribution is -0.384. The number of amides is 1. The van der Waals surface area contributed by atoms with Crippen molar-refractivity contribution in [2.24, 2.45) is 0 Å². The van der Waals surface area contributed by atoms with Crippen LogP contribution in [0.5, 0.6) is 5.75 Å². The van der Waals surface area contributed by atoms with Crippen molar-refractivity contribution in [3.05, 3.63) is 61.6 Å². The fourth-order valence-corrected chi connectivity index (χ4v) is 2.70. The number of nitrogens with one attached hydrogen (secondary N) is 1. The summed E-state index contributed by atoms with van der Waals surface area (Å²) in [6, 6.07) is 9.07. The van der Waals surface area contributed by atoms with E-state index in [-0.39, 0.29) is 10.7 Å². The van der Waals surface area contributed by atoms with Crippen LogP contribution in [0.4, 0.5) is 11.4 Å². The summed E-state index contributed by atoms with van der Waals surface area (Å²) < 4.78 is 6.28. The van der Waals surface area contributed by atoms with Gasteiger partial charge in [-0.05, 0) is 52.7 Å². The van der Waals surface area contributed by atoms with Gasteiger partial charge < -0.3 is 10.1 Å². The van der Waals surface area contributed by atoms with Crippen LogP contribution in [0.2, 0.25) is 5.02 Å². The van der Waals surface area contributed by atoms with Gasteiger partial charge in [-0.25, -0.2) is 0 Å². The molecule has 0 unspecified atom stereocenters. The van der Waals surface area contributed by atoms with Crippen molar-refractivity contribution < 1.29 is 14.5 Å². The molecule has 0 bridgehead atoms. The Labute approximate surface area is 158 Å². The summed E-state index contributed by atoms with van der Waals surface area (Å²) in [4.78, 5) is 22.6. The molecule has 1 N–H and O–H groups in total. The molecular weight excluding hydrogens is 412 g/mol. The van der Waals surface area contributed by atoms with E-state index in [1.165, 1.54) is 18.2 Å². The smallest absolute Gasteiger partial charge is 0.289 e. The van der Waals surface area contributed by atoms with Crippen LogP contribution >= 0.6 is 27.5 Å². The lowest BCUT2D eigenvalue weighted by atomic mass is 10.2. The molecule has 132 valence electrons. The highest BCUT2D eigenvalue weighted by Gasteiger charge is 2.15. The van der Waals surface area contributed by atoms with Gasteiger partial charge in [-0.15, -0.1) is 0 Å². The van der Waals surface area contributed by atoms with Gasteiger partial charge in [0.05, 0.1) is 16.0 Å². The second kappa shape index (κ2) is 8.82. The summed E-state index contributed by atoms with van der Waals surface area (Å²) in [6.07, 6.45) is 1.98. The first-order valence-electron chi connectivity index (χ1n) is 7.60. The van der Waals surface area contributed by atoms with Crippen molar-refractivity contribution in [3.63, 3.8) is 0 Å². The maximum atomic E-state index is 12.3. The van der Waals surface area contributed by atoms with Gasteiger partial charge in [0, 0.05) is 17.3 Å². The summed E-state index contributed by atoms with van der Waals surface area (Å²) in [5.41, 5.74) is 0.424. The Morgan fingerprint density at radius 3 is 2.72 bits per heavy atom. The average molecular weight is 428 g/mol. The van der Waals surface area contributed by atoms with Crippen LogP contribution in [0.15, 0.2) is 40.9 Å². The molecule has 0 atom stereocenters. The van der Waals surface area contributed by atoms with Gasteiger partial charge in [0.1, 0.15) is 10.8 Å². The van der Waals surface area contributed by atoms with Crippen LogP contribution < -0.4 is 10.1 Å². The minimum atomic E-state index is -0.600. The third-order valence-electron chi connectivity index (χ3n) is 3.35. The molecule has 0 aliphatic rings. The van der Waals surface area contributed by atoms with Crippen LogP contribution in [0.3, 0.4) is 0 Å². The maximum absolute atomic E-state index is 12.3. The van der Waals surface area contributed by atoms with Crippen molar-refractivity contribution in [1.82, 2.24) is 0 Å². The zero-order chi connectivity index (χ0) is 18.4. The van der Waals surface area contributed by atoms with E-state index in [1.54, 1.807) is 18.2 Å². The van der Waals surface area contributed by atoms with Gasteiger partial charge >= 0.3 is 0 Å². The Kier molecular flexibility index (Phi) is 6.78. The zero-order valence-electron chi connectivity index (χ0n) is 13.4. The molecule has 0 aliphatic heterocycles. The van der Waals surface area contributed by atoms with Crippen molar-refractivity contribution in [3.8, 4) is 5.75 Å². The van der Waals surface area contributed by atoms with Crippen LogP contribution in [0.1, 0.15) is 30.1 Å². The average Bonchev–Trinajstić information content (AvgIpc) is 2.57. The fraction of sp³-hybridized carbons (Fsp3) is 0.235. The van der Waals surface area contributed by atoms with Crippen molar-refractivity contribution in [2.45, 2.75) is 19.8 Å². The van der Waals surface area contributed by atoms with E-state index in [0.29, 0.717) is 28.1 Å². The molecule has 25 heavy (non-hydrogen) atoms. The fourth-order valence-electron chi connectivity index (χ4n) is 2.02. The number of nitro groups is 1. The molecule has 1 amide bonds. The van der Waals surface area contributed by atoms with Crippen LogP contribution in [-0.2, 0) is 0 Å². The number of hydrogen-bond donors (Lipinski definition) is 1. The first kappa shape index (κ1) is 19.2. The number of carbonyl (C=O) groups is 1. The number of rotatable bonds is 7. The molecule has 2 aromatic carbocycles. The van der Waals surface area contributed by atoms with E-state index >= 15 is 0 Å². The monoisotopic (exact) mass is 426 g/mol. The van der Waals surface area contributed by atoms with Crippen LogP contribution in [0.25, 0.3) is 0 Å². The van der Waals surface area contributed by atoms with E-state index in [9.17, 15) is 14.9 Å². The molecule has 0 aliphatic carbocycles. The van der Waals surface area contributed by atoms with Crippen LogP contribution in [-0.4, -0.2) is 17.4 Å². The predicted molar refractivity (Wildman–Crippen MR) is 101 cm³/mol. The quantitative estimate of drug-likeness (QED) is 0.362. The molecule has 2 aromatic rings. The number of nitro benzene ring substituents is 1. The number of anilines is 1. The SMILES string of the molecule is CCCCOc1ccc(C(=O)Nc2ccc(Cl)c([N+](=O)[O-])c2)cc1Br. The summed E-state index contributed by atoms with van der Waals surface area (Å²) in [5, 5.41) is 13.5. The Hall–Kier alpha value is -2.12. The number of benzene rings is 2. The lowest BCUT2D eigenvalue weighted by Gasteiger charge is -2.10. The van der Waals surface area contributed by atoms with Gasteiger partial charge in [0.2, 0.25) is 0 Å². The van der Waals surface area contributed by atoms with Crippen molar-refractivity contribution in [2.75, 3.05) is 11.9 Å². The molecule has 0 spiro atoms. The van der Waals surface area contributed by atoms with E-state index in [4.69, 9.17) is 16.3 Å². The number of unbranched alkanes of at least 4 members (excludes halogenated alkanes) is 1. The molecule has 0 saturated carbocycles. The third kappa shape index (κ3) is 5.17. The zero-order valence-corrected chi connectivity index (χ0v) is 15.8. The number of carbonyl (C=O) groups excluding carboxylic acids is 1. The van der Waals surface area contributed by atoms with Gasteiger partial charge in [-0.1, -0.05) is 24.9 Å². The molecule has 0 radical (unpaired) electrons. The molecule has 0 aromatic heterocycles. The standard InChI is InChI=1S/C17H16BrClN2O4/c1-2-3-8-25-16-7-4-11(9-13(16)18)17(22)20-12-5-6-14(19)15(10-12)21(23)24/h4-7,9-10H,2-3,8H2,1H3,(H,20,22). The minimum Gasteiger partial charge on any atom is -0.492 e. The number of nitrogens with zero attached hydrogens (tertiary/aromatic N) is 1. The highest BCUT2D eigenvalue weighted by Crippen LogP contribution is 2.29. The first-order valence-corrected chi connectivity index (χ1v) is 8.77. The van der Waals surface area contributed by atoms with E-state index in [1.807, 2.05) is 0 Å². The Balaban J connectivity index is 2.12. The second-order valence-electron chi connectivity index (χ2n) is 5.22. The Bertz CT molecular complexity index is 798. The van der Waals surface area contributed by atoms with Gasteiger partial charge in [0.25, 0.3) is 11.6 Å². The highest BCUT2D eigenvalue weighted by atomic mass is 79.9. The second-order valence-corrected chi connectivity index (χ2v) is 6.49. The highest BCUT2D eigenvalue weighted by molar-refractivity contribution is 9.10. The summed E-state index contributed by atoms with van der Waals surface area (Å²) in [5.74, 6) is 0.268. The van der Waals surface area contributed by atoms with Crippen LogP contribution in [0, 0.1) is 10.1 Å². The number of ether oxygens (including phenoxy) is 1. The van der Waals surface area contributed by atoms with E-state index < -0.39 is 10.8 Å². The van der Waals surface area contributed by atoms with E-state index in [0.717, 1.165) is 12.8 Å². The minimum absolute atomic E-state index is 0.0133. The summed E-state index contributed by atoms with van der Waals surface area (Å²) in [6.45, 7) is 2.68. The van der Waals surface area contributed by atoms with Gasteiger partial charge in [-0.2, -0.15) is 0 Å². The maximum Gasteiger partial charge on any atom is 0.289 e. The number of halogens is 2. The Morgan fingerprint density at radius 1 is 1.32 bits per heavy atom. The topological polar surface area (TPSA) is 81.5 Å². The molecule has 2 rings (SSSR count). The normalized spacial score (nSPS) is 10.4. The lowest BCUT2D eigenvalue weighted by Crippen LogP contribution is -2.12. The molecule has 8 heteroatoms. The number of hydrogen-bond acceptors (Lipinski definition) is 4. The van der Waals surface area contributed by atoms with Crippen molar-refractivity contribution in [1.29, 1.82) is 0 Å². The molecule has 6 nitrogen and oxygen atoms in total. The summed E-state index contributed by atoms with van der Waals surface area (Å²) in [7, 11) is 0. The molecule has 0 fully saturated rings. The first-order chi connectivity index (χ1) is 11.9. The third-order valence-corrected chi connectivity index (χ3v) is 4.29. The van der Waals surface area contributed by atoms with Gasteiger partial charge in [0.15, 0.2) is 0 Å². The molecule has 0 heterocycles. The largest absolute Gasteiger partial charge is 0.492 e. The van der Waals surface area contributed by atoms with Gasteiger partial charge in [-0.3, -0.25) is 14.9 Å². The predicted octanol–water partition coefficient (Wildman–Crippen LogP) is 5.44. The van der Waals surface area contributed by atoms with E-state index in [2.05, 4.69) is 28.2 Å². The molecular formula is C17H16BrClN2O4. The van der Waals surface area contributed by atoms with Crippen molar-refractivity contribution >= 4 is 44.8 Å².